The quantitative estimate of drug-likeness (QED) is 0.680. The summed E-state index contributed by atoms with van der Waals surface area (Å²) < 4.78 is 0. The maximum atomic E-state index is 12.0. The van der Waals surface area contributed by atoms with E-state index >= 15 is 0 Å². The molecule has 2 atom stereocenters. The van der Waals surface area contributed by atoms with Crippen LogP contribution in [0.1, 0.15) is 52.9 Å². The molecule has 0 saturated carbocycles. The lowest BCUT2D eigenvalue weighted by molar-refractivity contribution is -0.122. The number of nitrogens with zero attached hydrogens (tertiary/aromatic N) is 1. The molecule has 2 unspecified atom stereocenters. The van der Waals surface area contributed by atoms with E-state index in [4.69, 9.17) is 0 Å². The van der Waals surface area contributed by atoms with E-state index in [0.29, 0.717) is 18.6 Å². The average Bonchev–Trinajstić information content (AvgIpc) is 2.80. The number of rotatable bonds is 9. The molecule has 1 rings (SSSR count). The Bertz CT molecular complexity index is 275. The molecular weight excluding hydrogens is 250 g/mol. The summed E-state index contributed by atoms with van der Waals surface area (Å²) in [5, 5.41) is 6.58. The normalized spacial score (nSPS) is 20.6. The highest BCUT2D eigenvalue weighted by Crippen LogP contribution is 2.08. The molecule has 1 aliphatic rings. The van der Waals surface area contributed by atoms with Crippen LogP contribution in [0.4, 0.5) is 0 Å². The first-order valence-electron chi connectivity index (χ1n) is 8.18. The number of hydrogen-bond donors (Lipinski definition) is 2. The molecule has 0 aliphatic carbocycles. The van der Waals surface area contributed by atoms with Crippen LogP contribution in [0.5, 0.6) is 0 Å². The molecule has 1 saturated heterocycles. The van der Waals surface area contributed by atoms with Crippen LogP contribution < -0.4 is 10.6 Å². The third kappa shape index (κ3) is 7.85. The van der Waals surface area contributed by atoms with Crippen LogP contribution in [0.2, 0.25) is 0 Å². The first-order valence-corrected chi connectivity index (χ1v) is 8.18. The lowest BCUT2D eigenvalue weighted by Crippen LogP contribution is -2.43. The van der Waals surface area contributed by atoms with Gasteiger partial charge in [0.1, 0.15) is 0 Å². The molecule has 4 nitrogen and oxygen atoms in total. The van der Waals surface area contributed by atoms with Crippen LogP contribution in [0.25, 0.3) is 0 Å². The minimum absolute atomic E-state index is 0.155. The van der Waals surface area contributed by atoms with E-state index in [1.807, 2.05) is 7.05 Å². The molecule has 0 bridgehead atoms. The third-order valence-electron chi connectivity index (χ3n) is 3.93. The van der Waals surface area contributed by atoms with Crippen molar-refractivity contribution in [3.05, 3.63) is 0 Å². The van der Waals surface area contributed by atoms with Crippen LogP contribution in [-0.4, -0.2) is 49.6 Å². The van der Waals surface area contributed by atoms with Crippen molar-refractivity contribution in [1.29, 1.82) is 0 Å². The number of hydrogen-bond acceptors (Lipinski definition) is 3. The summed E-state index contributed by atoms with van der Waals surface area (Å²) in [5.74, 6) is 0.908. The zero-order valence-electron chi connectivity index (χ0n) is 13.7. The Hall–Kier alpha value is -0.610. The Morgan fingerprint density at radius 2 is 2.10 bits per heavy atom. The molecule has 0 spiro atoms. The fourth-order valence-electron chi connectivity index (χ4n) is 2.82. The van der Waals surface area contributed by atoms with Gasteiger partial charge in [-0.05, 0) is 45.7 Å². The van der Waals surface area contributed by atoms with Crippen molar-refractivity contribution < 1.29 is 4.79 Å². The standard InChI is InChI=1S/C16H33N3O/c1-13(2)7-5-8-14(3)18-16(20)12-19(4)11-15-9-6-10-17-15/h13-15,17H,5-12H2,1-4H3,(H,18,20). The average molecular weight is 283 g/mol. The van der Waals surface area contributed by atoms with E-state index < -0.39 is 0 Å². The fourth-order valence-corrected chi connectivity index (χ4v) is 2.82. The zero-order valence-corrected chi connectivity index (χ0v) is 13.7. The van der Waals surface area contributed by atoms with Gasteiger partial charge in [0.05, 0.1) is 6.54 Å². The molecule has 2 N–H and O–H groups in total. The maximum absolute atomic E-state index is 12.0. The van der Waals surface area contributed by atoms with Crippen LogP contribution in [-0.2, 0) is 4.79 Å². The van der Waals surface area contributed by atoms with E-state index in [0.717, 1.165) is 25.4 Å². The molecule has 0 aromatic heterocycles. The second kappa shape index (κ2) is 9.35. The van der Waals surface area contributed by atoms with Gasteiger partial charge in [-0.25, -0.2) is 0 Å². The molecule has 1 heterocycles. The summed E-state index contributed by atoms with van der Waals surface area (Å²) in [6.07, 6.45) is 6.02. The van der Waals surface area contributed by atoms with Gasteiger partial charge in [-0.3, -0.25) is 9.69 Å². The van der Waals surface area contributed by atoms with Crippen LogP contribution >= 0.6 is 0 Å². The SMILES string of the molecule is CC(C)CCCC(C)NC(=O)CN(C)CC1CCCN1. The summed E-state index contributed by atoms with van der Waals surface area (Å²) in [6.45, 7) is 9.20. The third-order valence-corrected chi connectivity index (χ3v) is 3.93. The van der Waals surface area contributed by atoms with Crippen molar-refractivity contribution in [3.63, 3.8) is 0 Å². The second-order valence-electron chi connectivity index (χ2n) is 6.78. The predicted octanol–water partition coefficient (Wildman–Crippen LogP) is 2.00. The van der Waals surface area contributed by atoms with Gasteiger partial charge in [0.15, 0.2) is 0 Å². The van der Waals surface area contributed by atoms with Gasteiger partial charge in [-0.15, -0.1) is 0 Å². The van der Waals surface area contributed by atoms with Gasteiger partial charge in [0.2, 0.25) is 5.91 Å². The molecule has 1 fully saturated rings. The van der Waals surface area contributed by atoms with Crippen molar-refractivity contribution in [2.75, 3.05) is 26.7 Å². The van der Waals surface area contributed by atoms with Gasteiger partial charge in [-0.1, -0.05) is 26.7 Å². The highest BCUT2D eigenvalue weighted by molar-refractivity contribution is 5.78. The number of nitrogens with one attached hydrogen (secondary N) is 2. The Kier molecular flexibility index (Phi) is 8.15. The number of carbonyl (C=O) groups is 1. The van der Waals surface area contributed by atoms with Crippen molar-refractivity contribution >= 4 is 5.91 Å². The number of amides is 1. The first-order chi connectivity index (χ1) is 9.47. The largest absolute Gasteiger partial charge is 0.353 e. The molecule has 0 aromatic carbocycles. The van der Waals surface area contributed by atoms with Gasteiger partial charge < -0.3 is 10.6 Å². The Balaban J connectivity index is 2.11. The summed E-state index contributed by atoms with van der Waals surface area (Å²) >= 11 is 0. The molecule has 0 aromatic rings. The lowest BCUT2D eigenvalue weighted by Gasteiger charge is -2.22. The molecule has 20 heavy (non-hydrogen) atoms. The molecule has 0 radical (unpaired) electrons. The number of likely N-dealkylation sites (N-methyl/N-ethyl adjacent to an activating group) is 1. The van der Waals surface area contributed by atoms with Gasteiger partial charge >= 0.3 is 0 Å². The monoisotopic (exact) mass is 283 g/mol. The van der Waals surface area contributed by atoms with Crippen LogP contribution in [0.3, 0.4) is 0 Å². The smallest absolute Gasteiger partial charge is 0.234 e. The molecule has 118 valence electrons. The van der Waals surface area contributed by atoms with Crippen LogP contribution in [0.15, 0.2) is 0 Å². The second-order valence-corrected chi connectivity index (χ2v) is 6.78. The maximum Gasteiger partial charge on any atom is 0.234 e. The predicted molar refractivity (Wildman–Crippen MR) is 84.8 cm³/mol. The summed E-state index contributed by atoms with van der Waals surface area (Å²) in [7, 11) is 2.03. The molecule has 4 heteroatoms. The van der Waals surface area contributed by atoms with Crippen LogP contribution in [0, 0.1) is 5.92 Å². The number of carbonyl (C=O) groups excluding carboxylic acids is 1. The topological polar surface area (TPSA) is 44.4 Å². The van der Waals surface area contributed by atoms with E-state index in [1.54, 1.807) is 0 Å². The highest BCUT2D eigenvalue weighted by Gasteiger charge is 2.17. The summed E-state index contributed by atoms with van der Waals surface area (Å²) in [4.78, 5) is 14.1. The summed E-state index contributed by atoms with van der Waals surface area (Å²) in [6, 6.07) is 0.857. The molecular formula is C16H33N3O. The van der Waals surface area contributed by atoms with E-state index in [9.17, 15) is 4.79 Å². The Morgan fingerprint density at radius 3 is 2.70 bits per heavy atom. The zero-order chi connectivity index (χ0) is 15.0. The van der Waals surface area contributed by atoms with Crippen molar-refractivity contribution in [3.8, 4) is 0 Å². The van der Waals surface area contributed by atoms with Gasteiger partial charge in [-0.2, -0.15) is 0 Å². The molecule has 1 aliphatic heterocycles. The Morgan fingerprint density at radius 1 is 1.35 bits per heavy atom. The van der Waals surface area contributed by atoms with Crippen molar-refractivity contribution in [1.82, 2.24) is 15.5 Å². The van der Waals surface area contributed by atoms with Crippen molar-refractivity contribution in [2.45, 2.75) is 65.0 Å². The highest BCUT2D eigenvalue weighted by atomic mass is 16.2. The Labute approximate surface area is 124 Å². The van der Waals surface area contributed by atoms with E-state index in [-0.39, 0.29) is 5.91 Å². The minimum Gasteiger partial charge on any atom is -0.353 e. The molecule has 1 amide bonds. The van der Waals surface area contributed by atoms with E-state index in [2.05, 4.69) is 36.3 Å². The fraction of sp³-hybridized carbons (Fsp3) is 0.938. The minimum atomic E-state index is 0.155. The first kappa shape index (κ1) is 17.4. The van der Waals surface area contributed by atoms with Gasteiger partial charge in [0, 0.05) is 18.6 Å². The van der Waals surface area contributed by atoms with Gasteiger partial charge in [0.25, 0.3) is 0 Å². The summed E-state index contributed by atoms with van der Waals surface area (Å²) in [5.41, 5.74) is 0. The lowest BCUT2D eigenvalue weighted by atomic mass is 10.0. The van der Waals surface area contributed by atoms with Crippen molar-refractivity contribution in [2.24, 2.45) is 5.92 Å². The van der Waals surface area contributed by atoms with E-state index in [1.165, 1.54) is 25.7 Å².